The summed E-state index contributed by atoms with van der Waals surface area (Å²) in [5.74, 6) is 0.00611. The van der Waals surface area contributed by atoms with Crippen molar-refractivity contribution in [2.45, 2.75) is 25.5 Å². The lowest BCUT2D eigenvalue weighted by Gasteiger charge is -2.29. The number of likely N-dealkylation sites (N-methyl/N-ethyl adjacent to an activating group) is 1. The van der Waals surface area contributed by atoms with E-state index in [9.17, 15) is 9.90 Å². The first-order chi connectivity index (χ1) is 10.5. The summed E-state index contributed by atoms with van der Waals surface area (Å²) in [5.41, 5.74) is 1.84. The topological polar surface area (TPSA) is 40.5 Å². The minimum atomic E-state index is -0.690. The maximum absolute atomic E-state index is 12.5. The summed E-state index contributed by atoms with van der Waals surface area (Å²) in [5, 5.41) is 10.4. The lowest BCUT2D eigenvalue weighted by atomic mass is 10.0. The average Bonchev–Trinajstić information content (AvgIpc) is 2.55. The molecule has 116 valence electrons. The first-order valence-electron chi connectivity index (χ1n) is 7.22. The molecule has 2 aromatic rings. The number of halogens is 1. The molecule has 1 amide bonds. The summed E-state index contributed by atoms with van der Waals surface area (Å²) in [4.78, 5) is 14.1. The lowest BCUT2D eigenvalue weighted by Crippen LogP contribution is -2.40. The number of hydrogen-bond acceptors (Lipinski definition) is 2. The second-order valence-corrected chi connectivity index (χ2v) is 6.53. The molecule has 22 heavy (non-hydrogen) atoms. The first-order valence-corrected chi connectivity index (χ1v) is 8.30. The Morgan fingerprint density at radius 2 is 1.73 bits per heavy atom. The Morgan fingerprint density at radius 3 is 2.36 bits per heavy atom. The van der Waals surface area contributed by atoms with E-state index < -0.39 is 6.10 Å². The third-order valence-corrected chi connectivity index (χ3v) is 4.95. The number of amides is 1. The van der Waals surface area contributed by atoms with Crippen LogP contribution in [-0.2, 0) is 11.2 Å². The minimum Gasteiger partial charge on any atom is -0.386 e. The smallest absolute Gasteiger partial charge is 0.227 e. The Labute approximate surface area is 145 Å². The molecule has 2 atom stereocenters. The summed E-state index contributed by atoms with van der Waals surface area (Å²) < 4.78 is 1.08. The van der Waals surface area contributed by atoms with Crippen molar-refractivity contribution in [1.29, 1.82) is 0 Å². The number of nitrogens with zero attached hydrogens (tertiary/aromatic N) is 1. The van der Waals surface area contributed by atoms with Crippen LogP contribution in [0.4, 0.5) is 0 Å². The molecule has 2 aromatic carbocycles. The van der Waals surface area contributed by atoms with Gasteiger partial charge in [-0.2, -0.15) is 0 Å². The van der Waals surface area contributed by atoms with Gasteiger partial charge in [0.15, 0.2) is 0 Å². The molecule has 0 spiro atoms. The highest BCUT2D eigenvalue weighted by Crippen LogP contribution is 2.21. The van der Waals surface area contributed by atoms with Crippen LogP contribution in [0.5, 0.6) is 0 Å². The van der Waals surface area contributed by atoms with E-state index in [1.165, 1.54) is 0 Å². The van der Waals surface area contributed by atoms with E-state index in [1.54, 1.807) is 11.9 Å². The molecule has 0 aliphatic heterocycles. The molecule has 3 nitrogen and oxygen atoms in total. The van der Waals surface area contributed by atoms with Gasteiger partial charge in [0.1, 0.15) is 0 Å². The zero-order valence-corrected chi connectivity index (χ0v) is 14.9. The van der Waals surface area contributed by atoms with Gasteiger partial charge in [0.2, 0.25) is 5.91 Å². The van der Waals surface area contributed by atoms with E-state index in [1.807, 2.05) is 61.5 Å². The minimum absolute atomic E-state index is 0.00611. The molecule has 0 bridgehead atoms. The fourth-order valence-corrected chi connectivity index (χ4v) is 2.88. The highest BCUT2D eigenvalue weighted by atomic mass is 127. The summed E-state index contributed by atoms with van der Waals surface area (Å²) in [6.45, 7) is 1.87. The van der Waals surface area contributed by atoms with E-state index in [0.717, 1.165) is 14.7 Å². The summed E-state index contributed by atoms with van der Waals surface area (Å²) in [6.07, 6.45) is -0.341. The maximum Gasteiger partial charge on any atom is 0.227 e. The van der Waals surface area contributed by atoms with Crippen LogP contribution in [-0.4, -0.2) is 29.0 Å². The highest BCUT2D eigenvalue weighted by Gasteiger charge is 2.24. The molecular weight excluding hydrogens is 389 g/mol. The number of aliphatic hydroxyl groups excluding tert-OH is 1. The molecule has 2 rings (SSSR count). The normalized spacial score (nSPS) is 13.5. The molecule has 0 saturated heterocycles. The van der Waals surface area contributed by atoms with Gasteiger partial charge in [-0.25, -0.2) is 0 Å². The quantitative estimate of drug-likeness (QED) is 0.770. The summed E-state index contributed by atoms with van der Waals surface area (Å²) in [7, 11) is 1.75. The predicted molar refractivity (Wildman–Crippen MR) is 96.5 cm³/mol. The predicted octanol–water partition coefficient (Wildman–Crippen LogP) is 3.41. The zero-order valence-electron chi connectivity index (χ0n) is 12.7. The van der Waals surface area contributed by atoms with Gasteiger partial charge < -0.3 is 10.0 Å². The fraction of sp³-hybridized carbons (Fsp3) is 0.278. The summed E-state index contributed by atoms with van der Waals surface area (Å²) >= 11 is 2.24. The maximum atomic E-state index is 12.5. The van der Waals surface area contributed by atoms with Gasteiger partial charge in [-0.3, -0.25) is 4.79 Å². The Kier molecular flexibility index (Phi) is 5.97. The molecule has 1 N–H and O–H groups in total. The van der Waals surface area contributed by atoms with Crippen molar-refractivity contribution in [2.75, 3.05) is 7.05 Å². The second-order valence-electron chi connectivity index (χ2n) is 5.37. The van der Waals surface area contributed by atoms with Crippen LogP contribution in [0, 0.1) is 3.57 Å². The average molecular weight is 409 g/mol. The number of rotatable bonds is 5. The van der Waals surface area contributed by atoms with Crippen LogP contribution < -0.4 is 0 Å². The monoisotopic (exact) mass is 409 g/mol. The van der Waals surface area contributed by atoms with Crippen molar-refractivity contribution in [2.24, 2.45) is 0 Å². The van der Waals surface area contributed by atoms with Crippen molar-refractivity contribution in [3.05, 3.63) is 69.3 Å². The molecular formula is C18H20INO2. The first kappa shape index (κ1) is 17.0. The van der Waals surface area contributed by atoms with Crippen molar-refractivity contribution >= 4 is 28.5 Å². The van der Waals surface area contributed by atoms with Crippen molar-refractivity contribution < 1.29 is 9.90 Å². The van der Waals surface area contributed by atoms with Crippen LogP contribution in [0.25, 0.3) is 0 Å². The Balaban J connectivity index is 2.05. The fourth-order valence-electron chi connectivity index (χ4n) is 2.30. The number of carbonyl (C=O) groups is 1. The summed E-state index contributed by atoms with van der Waals surface area (Å²) in [6, 6.07) is 17.0. The molecule has 0 aromatic heterocycles. The van der Waals surface area contributed by atoms with Gasteiger partial charge in [0, 0.05) is 10.6 Å². The van der Waals surface area contributed by atoms with Gasteiger partial charge >= 0.3 is 0 Å². The Bertz CT molecular complexity index is 630. The second kappa shape index (κ2) is 7.74. The lowest BCUT2D eigenvalue weighted by molar-refractivity contribution is -0.133. The van der Waals surface area contributed by atoms with Crippen molar-refractivity contribution in [1.82, 2.24) is 4.90 Å². The SMILES string of the molecule is C[C@@H](C(O)c1ccccc1)N(C)C(=O)Cc1ccccc1I. The third kappa shape index (κ3) is 4.08. The van der Waals surface area contributed by atoms with Crippen molar-refractivity contribution in [3.8, 4) is 0 Å². The van der Waals surface area contributed by atoms with Gasteiger partial charge in [-0.15, -0.1) is 0 Å². The molecule has 0 radical (unpaired) electrons. The van der Waals surface area contributed by atoms with Crippen LogP contribution >= 0.6 is 22.6 Å². The molecule has 1 unspecified atom stereocenters. The van der Waals surface area contributed by atoms with E-state index in [-0.39, 0.29) is 11.9 Å². The number of carbonyl (C=O) groups excluding carboxylic acids is 1. The number of benzene rings is 2. The van der Waals surface area contributed by atoms with Gasteiger partial charge in [0.05, 0.1) is 18.6 Å². The molecule has 0 aliphatic rings. The molecule has 0 aliphatic carbocycles. The van der Waals surface area contributed by atoms with E-state index in [0.29, 0.717) is 6.42 Å². The van der Waals surface area contributed by atoms with E-state index in [4.69, 9.17) is 0 Å². The highest BCUT2D eigenvalue weighted by molar-refractivity contribution is 14.1. The van der Waals surface area contributed by atoms with Crippen LogP contribution in [0.15, 0.2) is 54.6 Å². The van der Waals surface area contributed by atoms with Gasteiger partial charge in [0.25, 0.3) is 0 Å². The van der Waals surface area contributed by atoms with E-state index in [2.05, 4.69) is 22.6 Å². The largest absolute Gasteiger partial charge is 0.386 e. The van der Waals surface area contributed by atoms with Crippen molar-refractivity contribution in [3.63, 3.8) is 0 Å². The number of hydrogen-bond donors (Lipinski definition) is 1. The van der Waals surface area contributed by atoms with Crippen LogP contribution in [0.3, 0.4) is 0 Å². The molecule has 0 saturated carbocycles. The molecule has 0 fully saturated rings. The van der Waals surface area contributed by atoms with Gasteiger partial charge in [-0.1, -0.05) is 48.5 Å². The zero-order chi connectivity index (χ0) is 16.1. The molecule has 4 heteroatoms. The van der Waals surface area contributed by atoms with Gasteiger partial charge in [-0.05, 0) is 46.7 Å². The third-order valence-electron chi connectivity index (χ3n) is 3.90. The Morgan fingerprint density at radius 1 is 1.14 bits per heavy atom. The number of aliphatic hydroxyl groups is 1. The standard InChI is InChI=1S/C18H20INO2/c1-13(18(22)14-8-4-3-5-9-14)20(2)17(21)12-15-10-6-7-11-16(15)19/h3-11,13,18,22H,12H2,1-2H3/t13-,18?/m0/s1. The Hall–Kier alpha value is -1.40. The van der Waals surface area contributed by atoms with E-state index >= 15 is 0 Å². The van der Waals surface area contributed by atoms with Crippen LogP contribution in [0.2, 0.25) is 0 Å². The van der Waals surface area contributed by atoms with Crippen LogP contribution in [0.1, 0.15) is 24.2 Å². The molecule has 0 heterocycles.